The number of aliphatic hydroxyl groups is 1. The van der Waals surface area contributed by atoms with Crippen LogP contribution in [0.2, 0.25) is 0 Å². The molecule has 3 rings (SSSR count). The first kappa shape index (κ1) is 18.0. The van der Waals surface area contributed by atoms with Crippen molar-refractivity contribution >= 4 is 38.6 Å². The number of hydrogen-bond donors (Lipinski definition) is 2. The summed E-state index contributed by atoms with van der Waals surface area (Å²) in [7, 11) is 1.18. The molecule has 0 aliphatic carbocycles. The summed E-state index contributed by atoms with van der Waals surface area (Å²) < 4.78 is 6.44. The monoisotopic (exact) mass is 418 g/mol. The number of methoxy groups -OCH3 is 1. The van der Waals surface area contributed by atoms with Crippen LogP contribution in [0.25, 0.3) is 16.7 Å². The van der Waals surface area contributed by atoms with Crippen molar-refractivity contribution in [3.63, 3.8) is 0 Å². The average Bonchev–Trinajstić information content (AvgIpc) is 2.61. The fourth-order valence-electron chi connectivity index (χ4n) is 2.58. The van der Waals surface area contributed by atoms with E-state index in [2.05, 4.69) is 25.9 Å². The molecule has 26 heavy (non-hydrogen) atoms. The Morgan fingerprint density at radius 2 is 2.08 bits per heavy atom. The quantitative estimate of drug-likeness (QED) is 0.492. The number of pyridine rings is 3. The third-order valence-corrected chi connectivity index (χ3v) is 4.32. The Kier molecular flexibility index (Phi) is 4.75. The molecule has 1 atom stereocenters. The van der Waals surface area contributed by atoms with E-state index in [1.54, 1.807) is 31.2 Å². The van der Waals surface area contributed by atoms with Gasteiger partial charge in [-0.05, 0) is 47.1 Å². The molecule has 3 aromatic heterocycles. The number of halogens is 1. The first-order valence-corrected chi connectivity index (χ1v) is 8.38. The molecule has 0 amide bonds. The fraction of sp³-hybridized carbons (Fsp3) is 0.176. The number of hydrogen-bond acceptors (Lipinski definition) is 7. The second-order valence-electron chi connectivity index (χ2n) is 5.54. The number of nitrogens with two attached hydrogens (primary N) is 1. The van der Waals surface area contributed by atoms with Crippen molar-refractivity contribution in [2.45, 2.75) is 13.0 Å². The molecule has 3 aromatic rings. The average molecular weight is 419 g/mol. The number of nitrogens with zero attached hydrogens (tertiary/aromatic N) is 3. The summed E-state index contributed by atoms with van der Waals surface area (Å²) >= 11 is 3.27. The van der Waals surface area contributed by atoms with Crippen molar-refractivity contribution in [2.75, 3.05) is 12.8 Å². The van der Waals surface area contributed by atoms with Gasteiger partial charge in [0.1, 0.15) is 10.2 Å². The normalized spacial score (nSPS) is 12.2. The minimum atomic E-state index is -0.834. The van der Waals surface area contributed by atoms with Gasteiger partial charge in [0.15, 0.2) is 5.65 Å². The second-order valence-corrected chi connectivity index (χ2v) is 6.36. The molecule has 0 radical (unpaired) electrons. The van der Waals surface area contributed by atoms with Crippen LogP contribution in [0, 0.1) is 0 Å². The zero-order valence-electron chi connectivity index (χ0n) is 13.9. The number of anilines is 1. The summed E-state index contributed by atoms with van der Waals surface area (Å²) in [5.41, 5.74) is 6.19. The molecule has 9 heteroatoms. The fourth-order valence-corrected chi connectivity index (χ4v) is 2.88. The van der Waals surface area contributed by atoms with E-state index in [1.807, 2.05) is 0 Å². The smallest absolute Gasteiger partial charge is 0.345 e. The Bertz CT molecular complexity index is 1060. The number of fused-ring (bicyclic) bond motifs is 1. The highest BCUT2D eigenvalue weighted by molar-refractivity contribution is 9.10. The third kappa shape index (κ3) is 2.95. The summed E-state index contributed by atoms with van der Waals surface area (Å²) in [5, 5.41) is 10.0. The van der Waals surface area contributed by atoms with Crippen LogP contribution < -0.4 is 11.3 Å². The van der Waals surface area contributed by atoms with Crippen LogP contribution in [-0.2, 0) is 4.74 Å². The maximum atomic E-state index is 13.0. The van der Waals surface area contributed by atoms with Gasteiger partial charge in [0, 0.05) is 5.39 Å². The number of esters is 1. The molecule has 134 valence electrons. The van der Waals surface area contributed by atoms with Crippen LogP contribution in [0.3, 0.4) is 0 Å². The maximum absolute atomic E-state index is 13.0. The molecule has 0 aliphatic heterocycles. The minimum Gasteiger partial charge on any atom is -0.465 e. The Balaban J connectivity index is 2.41. The van der Waals surface area contributed by atoms with E-state index in [1.165, 1.54) is 17.9 Å². The number of carbonyl (C=O) groups excluding carboxylic acids is 1. The highest BCUT2D eigenvalue weighted by Crippen LogP contribution is 2.25. The number of ether oxygens (including phenoxy) is 1. The molecule has 3 N–H and O–H groups in total. The summed E-state index contributed by atoms with van der Waals surface area (Å²) in [4.78, 5) is 33.6. The van der Waals surface area contributed by atoms with Gasteiger partial charge in [0.05, 0.1) is 36.5 Å². The van der Waals surface area contributed by atoms with Gasteiger partial charge in [-0.2, -0.15) is 0 Å². The van der Waals surface area contributed by atoms with Crippen LogP contribution >= 0.6 is 15.9 Å². The molecule has 0 aliphatic rings. The van der Waals surface area contributed by atoms with Gasteiger partial charge in [0.2, 0.25) is 0 Å². The third-order valence-electron chi connectivity index (χ3n) is 3.88. The van der Waals surface area contributed by atoms with Gasteiger partial charge in [0.25, 0.3) is 5.56 Å². The number of aromatic nitrogens is 3. The van der Waals surface area contributed by atoms with E-state index < -0.39 is 17.6 Å². The van der Waals surface area contributed by atoms with Crippen molar-refractivity contribution in [1.29, 1.82) is 0 Å². The van der Waals surface area contributed by atoms with Gasteiger partial charge >= 0.3 is 5.97 Å². The maximum Gasteiger partial charge on any atom is 0.345 e. The molecule has 3 heterocycles. The highest BCUT2D eigenvalue weighted by Gasteiger charge is 2.23. The predicted octanol–water partition coefficient (Wildman–Crippen LogP) is 1.97. The van der Waals surface area contributed by atoms with Crippen LogP contribution in [0.1, 0.15) is 29.1 Å². The molecule has 0 saturated heterocycles. The van der Waals surface area contributed by atoms with Crippen LogP contribution in [0.4, 0.5) is 5.69 Å². The topological polar surface area (TPSA) is 120 Å². The molecule has 0 fully saturated rings. The first-order valence-electron chi connectivity index (χ1n) is 7.58. The highest BCUT2D eigenvalue weighted by atomic mass is 79.9. The Morgan fingerprint density at radius 3 is 2.65 bits per heavy atom. The second kappa shape index (κ2) is 6.85. The lowest BCUT2D eigenvalue weighted by Gasteiger charge is -2.14. The standard InChI is InChI=1S/C17H15BrN4O4/c1-8(23)11-5-3-9(7-20-11)22-15-10(4-6-12(18)21-15)14(19)13(16(22)24)17(25)26-2/h3-8,23H,19H2,1-2H3. The lowest BCUT2D eigenvalue weighted by Crippen LogP contribution is -2.28. The summed E-state index contributed by atoms with van der Waals surface area (Å²) in [5.74, 6) is -0.834. The lowest BCUT2D eigenvalue weighted by molar-refractivity contribution is 0.0600. The largest absolute Gasteiger partial charge is 0.465 e. The molecule has 0 aromatic carbocycles. The number of aliphatic hydroxyl groups excluding tert-OH is 1. The van der Waals surface area contributed by atoms with Gasteiger partial charge in [-0.1, -0.05) is 0 Å². The summed E-state index contributed by atoms with van der Waals surface area (Å²) in [6.07, 6.45) is 0.671. The van der Waals surface area contributed by atoms with Gasteiger partial charge in [-0.25, -0.2) is 9.78 Å². The Morgan fingerprint density at radius 1 is 1.35 bits per heavy atom. The molecule has 0 spiro atoms. The molecule has 1 unspecified atom stereocenters. The SMILES string of the molecule is COC(=O)c1c(N)c2ccc(Br)nc2n(-c2ccc(C(C)O)nc2)c1=O. The van der Waals surface area contributed by atoms with Gasteiger partial charge in [-0.3, -0.25) is 14.3 Å². The zero-order chi connectivity index (χ0) is 19.0. The zero-order valence-corrected chi connectivity index (χ0v) is 15.5. The number of nitrogen functional groups attached to an aromatic ring is 1. The summed E-state index contributed by atoms with van der Waals surface area (Å²) in [6, 6.07) is 6.51. The van der Waals surface area contributed by atoms with Crippen molar-refractivity contribution in [3.05, 3.63) is 56.7 Å². The van der Waals surface area contributed by atoms with E-state index in [4.69, 9.17) is 10.5 Å². The molecule has 8 nitrogen and oxygen atoms in total. The van der Waals surface area contributed by atoms with Crippen molar-refractivity contribution in [1.82, 2.24) is 14.5 Å². The summed E-state index contributed by atoms with van der Waals surface area (Å²) in [6.45, 7) is 1.58. The Labute approximate surface area is 156 Å². The van der Waals surface area contributed by atoms with E-state index in [9.17, 15) is 14.7 Å². The van der Waals surface area contributed by atoms with E-state index >= 15 is 0 Å². The van der Waals surface area contributed by atoms with E-state index in [0.29, 0.717) is 21.4 Å². The molecular weight excluding hydrogens is 404 g/mol. The van der Waals surface area contributed by atoms with E-state index in [0.717, 1.165) is 0 Å². The van der Waals surface area contributed by atoms with Crippen molar-refractivity contribution < 1.29 is 14.6 Å². The number of rotatable bonds is 3. The van der Waals surface area contributed by atoms with Crippen molar-refractivity contribution in [2.24, 2.45) is 0 Å². The molecule has 0 saturated carbocycles. The molecule has 0 bridgehead atoms. The first-order chi connectivity index (χ1) is 12.3. The van der Waals surface area contributed by atoms with Crippen LogP contribution in [0.5, 0.6) is 0 Å². The lowest BCUT2D eigenvalue weighted by atomic mass is 10.1. The number of carbonyl (C=O) groups is 1. The Hall–Kier alpha value is -2.78. The van der Waals surface area contributed by atoms with Crippen LogP contribution in [-0.4, -0.2) is 32.7 Å². The van der Waals surface area contributed by atoms with Gasteiger partial charge in [-0.15, -0.1) is 0 Å². The minimum absolute atomic E-state index is 0.00154. The van der Waals surface area contributed by atoms with Gasteiger partial charge < -0.3 is 15.6 Å². The molecular formula is C17H15BrN4O4. The van der Waals surface area contributed by atoms with Crippen molar-refractivity contribution in [3.8, 4) is 5.69 Å². The predicted molar refractivity (Wildman–Crippen MR) is 99.2 cm³/mol. The van der Waals surface area contributed by atoms with E-state index in [-0.39, 0.29) is 16.9 Å². The van der Waals surface area contributed by atoms with Crippen LogP contribution in [0.15, 0.2) is 39.9 Å².